The van der Waals surface area contributed by atoms with Crippen LogP contribution in [0.5, 0.6) is 0 Å². The molecule has 0 aromatic heterocycles. The fourth-order valence-electron chi connectivity index (χ4n) is 1.02. The van der Waals surface area contributed by atoms with Crippen molar-refractivity contribution in [2.45, 2.75) is 24.1 Å². The summed E-state index contributed by atoms with van der Waals surface area (Å²) in [6, 6.07) is 0. The van der Waals surface area contributed by atoms with Gasteiger partial charge in [-0.2, -0.15) is 13.2 Å². The molecule has 0 aromatic rings. The van der Waals surface area contributed by atoms with Crippen molar-refractivity contribution in [2.75, 3.05) is 19.8 Å². The van der Waals surface area contributed by atoms with Crippen LogP contribution in [0.25, 0.3) is 0 Å². The Hall–Kier alpha value is -0.620. The third kappa shape index (κ3) is 4.27. The van der Waals surface area contributed by atoms with Gasteiger partial charge < -0.3 is 14.2 Å². The molecule has 0 aromatic carbocycles. The lowest BCUT2D eigenvalue weighted by molar-refractivity contribution is -0.200. The summed E-state index contributed by atoms with van der Waals surface area (Å²) < 4.78 is 63.0. The molecule has 1 heterocycles. The lowest BCUT2D eigenvalue weighted by Crippen LogP contribution is -2.36. The summed E-state index contributed by atoms with van der Waals surface area (Å²) >= 11 is 0. The van der Waals surface area contributed by atoms with Crippen LogP contribution >= 0.6 is 9.24 Å². The van der Waals surface area contributed by atoms with Gasteiger partial charge in [-0.3, -0.25) is 0 Å². The van der Waals surface area contributed by atoms with Crippen LogP contribution in [0.3, 0.4) is 0 Å². The molecule has 0 saturated carbocycles. The van der Waals surface area contributed by atoms with E-state index in [0.29, 0.717) is 0 Å². The summed E-state index contributed by atoms with van der Waals surface area (Å²) in [7, 11) is 1.12. The first-order valence-corrected chi connectivity index (χ1v) is 5.26. The molecule has 0 bridgehead atoms. The number of cyclic esters (lactones) is 2. The molecule has 1 saturated heterocycles. The van der Waals surface area contributed by atoms with E-state index in [2.05, 4.69) is 9.47 Å². The third-order valence-electron chi connectivity index (χ3n) is 2.04. The van der Waals surface area contributed by atoms with Crippen molar-refractivity contribution >= 4 is 15.4 Å². The summed E-state index contributed by atoms with van der Waals surface area (Å²) in [5, 5.41) is -3.37. The third-order valence-corrected chi connectivity index (χ3v) is 2.65. The van der Waals surface area contributed by atoms with E-state index in [0.717, 1.165) is 9.24 Å². The van der Waals surface area contributed by atoms with Gasteiger partial charge in [-0.05, 0) is 0 Å². The highest BCUT2D eigenvalue weighted by atomic mass is 31.0. The van der Waals surface area contributed by atoms with E-state index in [-0.39, 0.29) is 13.2 Å². The molecule has 3 unspecified atom stereocenters. The normalized spacial score (nSPS) is 24.1. The van der Waals surface area contributed by atoms with Crippen LogP contribution < -0.4 is 0 Å². The minimum absolute atomic E-state index is 0.0141. The molecule has 3 atom stereocenters. The Morgan fingerprint density at radius 3 is 2.53 bits per heavy atom. The van der Waals surface area contributed by atoms with Crippen molar-refractivity contribution < 1.29 is 36.6 Å². The standard InChI is InChI=1S/C8H11F4O4P/c9-7(17,8(10,11)12)1-2-14-3-5-4-15-6(13)16-5/h5H,1-4,17H2. The average molecular weight is 278 g/mol. The monoisotopic (exact) mass is 278 g/mol. The number of carbonyl (C=O) groups excluding carboxylic acids is 1. The lowest BCUT2D eigenvalue weighted by Gasteiger charge is -2.23. The number of rotatable bonds is 5. The number of carbonyl (C=O) groups is 1. The molecule has 1 rings (SSSR count). The maximum absolute atomic E-state index is 13.0. The van der Waals surface area contributed by atoms with Crippen LogP contribution in [0.1, 0.15) is 6.42 Å². The zero-order chi connectivity index (χ0) is 13.1. The minimum Gasteiger partial charge on any atom is -0.430 e. The van der Waals surface area contributed by atoms with Crippen molar-refractivity contribution in [3.8, 4) is 0 Å². The molecular weight excluding hydrogens is 267 g/mol. The molecule has 17 heavy (non-hydrogen) atoms. The number of halogens is 4. The second-order valence-electron chi connectivity index (χ2n) is 3.49. The number of hydrogen-bond donors (Lipinski definition) is 0. The maximum Gasteiger partial charge on any atom is 0.508 e. The quantitative estimate of drug-likeness (QED) is 0.334. The molecule has 0 amide bonds. The number of hydrogen-bond acceptors (Lipinski definition) is 4. The minimum atomic E-state index is -4.95. The van der Waals surface area contributed by atoms with Gasteiger partial charge in [0.25, 0.3) is 0 Å². The molecule has 9 heteroatoms. The van der Waals surface area contributed by atoms with E-state index in [4.69, 9.17) is 4.74 Å². The first kappa shape index (κ1) is 14.4. The molecule has 1 aliphatic heterocycles. The molecule has 0 spiro atoms. The van der Waals surface area contributed by atoms with E-state index in [1.807, 2.05) is 0 Å². The first-order valence-electron chi connectivity index (χ1n) is 4.68. The number of ether oxygens (including phenoxy) is 3. The largest absolute Gasteiger partial charge is 0.508 e. The Labute approximate surface area is 96.8 Å². The predicted octanol–water partition coefficient (Wildman–Crippen LogP) is 2.03. The molecule has 0 radical (unpaired) electrons. The van der Waals surface area contributed by atoms with Gasteiger partial charge in [0.05, 0.1) is 13.2 Å². The summed E-state index contributed by atoms with van der Waals surface area (Å²) in [6.07, 6.45) is -7.29. The van der Waals surface area contributed by atoms with Crippen LogP contribution in [0.4, 0.5) is 22.4 Å². The van der Waals surface area contributed by atoms with E-state index in [1.165, 1.54) is 0 Å². The average Bonchev–Trinajstić information content (AvgIpc) is 2.57. The van der Waals surface area contributed by atoms with Crippen LogP contribution in [-0.4, -0.2) is 43.7 Å². The van der Waals surface area contributed by atoms with Gasteiger partial charge in [0, 0.05) is 6.42 Å². The molecule has 0 aliphatic carbocycles. The Bertz CT molecular complexity index is 281. The van der Waals surface area contributed by atoms with Crippen molar-refractivity contribution in [3.63, 3.8) is 0 Å². The Morgan fingerprint density at radius 2 is 2.06 bits per heavy atom. The van der Waals surface area contributed by atoms with E-state index >= 15 is 0 Å². The van der Waals surface area contributed by atoms with Gasteiger partial charge in [0.2, 0.25) is 5.41 Å². The fraction of sp³-hybridized carbons (Fsp3) is 0.875. The Kier molecular flexibility index (Phi) is 4.55. The first-order chi connectivity index (χ1) is 7.72. The lowest BCUT2D eigenvalue weighted by atomic mass is 10.2. The van der Waals surface area contributed by atoms with Gasteiger partial charge in [0.15, 0.2) is 6.10 Å². The Balaban J connectivity index is 2.18. The summed E-state index contributed by atoms with van der Waals surface area (Å²) in [5.41, 5.74) is 0. The molecule has 100 valence electrons. The molecule has 4 nitrogen and oxygen atoms in total. The molecular formula is C8H11F4O4P. The maximum atomic E-state index is 13.0. The second-order valence-corrected chi connectivity index (χ2v) is 4.40. The highest BCUT2D eigenvalue weighted by molar-refractivity contribution is 7.18. The highest BCUT2D eigenvalue weighted by Gasteiger charge is 2.51. The van der Waals surface area contributed by atoms with Gasteiger partial charge in [-0.1, -0.05) is 9.24 Å². The summed E-state index contributed by atoms with van der Waals surface area (Å²) in [4.78, 5) is 10.5. The van der Waals surface area contributed by atoms with Gasteiger partial charge >= 0.3 is 12.3 Å². The fourth-order valence-corrected chi connectivity index (χ4v) is 1.14. The predicted molar refractivity (Wildman–Crippen MR) is 51.3 cm³/mol. The van der Waals surface area contributed by atoms with E-state index < -0.39 is 36.9 Å². The molecule has 1 aliphatic rings. The molecule has 0 N–H and O–H groups in total. The van der Waals surface area contributed by atoms with Gasteiger partial charge in [-0.15, -0.1) is 0 Å². The SMILES string of the molecule is O=C1OCC(COCCC(F)(P)C(F)(F)F)O1. The highest BCUT2D eigenvalue weighted by Crippen LogP contribution is 2.41. The van der Waals surface area contributed by atoms with Crippen LogP contribution in [0.15, 0.2) is 0 Å². The second kappa shape index (κ2) is 5.35. The van der Waals surface area contributed by atoms with Crippen LogP contribution in [0.2, 0.25) is 0 Å². The topological polar surface area (TPSA) is 44.8 Å². The van der Waals surface area contributed by atoms with E-state index in [1.54, 1.807) is 0 Å². The van der Waals surface area contributed by atoms with Crippen molar-refractivity contribution in [1.29, 1.82) is 0 Å². The van der Waals surface area contributed by atoms with E-state index in [9.17, 15) is 22.4 Å². The van der Waals surface area contributed by atoms with Crippen molar-refractivity contribution in [2.24, 2.45) is 0 Å². The van der Waals surface area contributed by atoms with Crippen LogP contribution in [0, 0.1) is 0 Å². The molecule has 1 fully saturated rings. The smallest absolute Gasteiger partial charge is 0.430 e. The van der Waals surface area contributed by atoms with Gasteiger partial charge in [0.1, 0.15) is 6.61 Å². The zero-order valence-electron chi connectivity index (χ0n) is 8.63. The van der Waals surface area contributed by atoms with Crippen molar-refractivity contribution in [1.82, 2.24) is 0 Å². The number of alkyl halides is 4. The zero-order valence-corrected chi connectivity index (χ0v) is 9.78. The van der Waals surface area contributed by atoms with Crippen molar-refractivity contribution in [3.05, 3.63) is 0 Å². The summed E-state index contributed by atoms with van der Waals surface area (Å²) in [6.45, 7) is -0.572. The summed E-state index contributed by atoms with van der Waals surface area (Å²) in [5.74, 6) is 0. The van der Waals surface area contributed by atoms with Crippen LogP contribution in [-0.2, 0) is 14.2 Å². The Morgan fingerprint density at radius 1 is 1.41 bits per heavy atom. The van der Waals surface area contributed by atoms with Gasteiger partial charge in [-0.25, -0.2) is 9.18 Å².